The molecule has 2 heterocycles. The smallest absolute Gasteiger partial charge is 0.387 e. The molecule has 5 rings (SSSR count). The van der Waals surface area contributed by atoms with Crippen LogP contribution in [0.5, 0.6) is 5.75 Å². The minimum atomic E-state index is -3.94. The summed E-state index contributed by atoms with van der Waals surface area (Å²) < 4.78 is 57.5. The first-order chi connectivity index (χ1) is 12.0. The van der Waals surface area contributed by atoms with Crippen LogP contribution in [0.2, 0.25) is 0 Å². The summed E-state index contributed by atoms with van der Waals surface area (Å²) in [6, 6.07) is 13.2. The number of piperidine rings is 1. The Morgan fingerprint density at radius 2 is 1.68 bits per heavy atom. The maximum Gasteiger partial charge on any atom is 0.387 e. The number of hydrogen-bond donors (Lipinski definition) is 0. The van der Waals surface area contributed by atoms with Gasteiger partial charge >= 0.3 is 6.61 Å². The van der Waals surface area contributed by atoms with Crippen LogP contribution in [0.15, 0.2) is 53.4 Å². The van der Waals surface area contributed by atoms with E-state index in [1.54, 1.807) is 0 Å². The topological polar surface area (TPSA) is 46.6 Å². The predicted octanol–water partition coefficient (Wildman–Crippen LogP) is 3.91. The number of halogens is 2. The molecule has 0 saturated carbocycles. The predicted molar refractivity (Wildman–Crippen MR) is 88.1 cm³/mol. The molecule has 0 N–H and O–H groups in total. The summed E-state index contributed by atoms with van der Waals surface area (Å²) in [7, 11) is -3.94. The fourth-order valence-electron chi connectivity index (χ4n) is 3.94. The summed E-state index contributed by atoms with van der Waals surface area (Å²) in [5.41, 5.74) is 2.21. The van der Waals surface area contributed by atoms with Gasteiger partial charge in [-0.2, -0.15) is 13.1 Å². The van der Waals surface area contributed by atoms with Crippen molar-refractivity contribution in [2.75, 3.05) is 6.54 Å². The first-order valence-corrected chi connectivity index (χ1v) is 9.57. The fraction of sp³-hybridized carbons (Fsp3) is 0.333. The van der Waals surface area contributed by atoms with Crippen molar-refractivity contribution in [2.45, 2.75) is 36.3 Å². The number of para-hydroxylation sites is 1. The summed E-state index contributed by atoms with van der Waals surface area (Å²) >= 11 is 0. The van der Waals surface area contributed by atoms with Crippen LogP contribution in [0.4, 0.5) is 8.78 Å². The Hall–Kier alpha value is -1.99. The van der Waals surface area contributed by atoms with E-state index in [-0.39, 0.29) is 22.6 Å². The summed E-state index contributed by atoms with van der Waals surface area (Å²) in [6.45, 7) is -2.71. The van der Waals surface area contributed by atoms with Crippen LogP contribution in [0.1, 0.15) is 35.9 Å². The van der Waals surface area contributed by atoms with Crippen LogP contribution in [0.25, 0.3) is 0 Å². The highest BCUT2D eigenvalue weighted by Gasteiger charge is 2.44. The molecule has 25 heavy (non-hydrogen) atoms. The first kappa shape index (κ1) is 16.5. The van der Waals surface area contributed by atoms with E-state index in [1.807, 2.05) is 24.3 Å². The zero-order chi connectivity index (χ0) is 17.6. The monoisotopic (exact) mass is 365 g/mol. The zero-order valence-corrected chi connectivity index (χ0v) is 14.1. The standard InChI is InChI=1S/C18H17F2NO3S/c19-18(20)24-16-7-3-4-8-17(16)25(22,23)21-11-12-9-10-15(21)14-6-2-1-5-13(12)14/h1-8,12,15,18H,9-11H2/t12-,15+/m1/s1. The largest absolute Gasteiger partial charge is 0.433 e. The van der Waals surface area contributed by atoms with Crippen molar-refractivity contribution in [1.82, 2.24) is 4.31 Å². The second kappa shape index (κ2) is 6.07. The van der Waals surface area contributed by atoms with E-state index in [2.05, 4.69) is 4.74 Å². The molecule has 4 nitrogen and oxygen atoms in total. The minimum absolute atomic E-state index is 0.138. The number of rotatable bonds is 4. The average Bonchev–Trinajstić information content (AvgIpc) is 2.62. The lowest BCUT2D eigenvalue weighted by Crippen LogP contribution is -2.45. The molecule has 3 aliphatic rings. The van der Waals surface area contributed by atoms with Gasteiger partial charge in [-0.05, 0) is 42.0 Å². The lowest BCUT2D eigenvalue weighted by atomic mass is 9.76. The molecule has 132 valence electrons. The van der Waals surface area contributed by atoms with E-state index in [9.17, 15) is 17.2 Å². The van der Waals surface area contributed by atoms with Crippen molar-refractivity contribution in [1.29, 1.82) is 0 Å². The molecule has 0 aromatic heterocycles. The maximum absolute atomic E-state index is 13.2. The highest BCUT2D eigenvalue weighted by molar-refractivity contribution is 7.89. The lowest BCUT2D eigenvalue weighted by molar-refractivity contribution is -0.0518. The number of benzene rings is 2. The number of nitrogens with zero attached hydrogens (tertiary/aromatic N) is 1. The molecule has 0 amide bonds. The SMILES string of the molecule is O=S(=O)(c1ccccc1OC(F)F)N1C[C@H]2CC[C@H]1c1ccccc12. The average molecular weight is 365 g/mol. The fourth-order valence-corrected chi connectivity index (χ4v) is 5.74. The maximum atomic E-state index is 13.2. The van der Waals surface area contributed by atoms with Crippen LogP contribution < -0.4 is 4.74 Å². The summed E-state index contributed by atoms with van der Waals surface area (Å²) in [5.74, 6) is -0.175. The molecule has 2 aliphatic heterocycles. The van der Waals surface area contributed by atoms with Crippen molar-refractivity contribution in [3.8, 4) is 5.75 Å². The van der Waals surface area contributed by atoms with Gasteiger partial charge in [0.1, 0.15) is 10.6 Å². The number of alkyl halides is 2. The van der Waals surface area contributed by atoms with Crippen LogP contribution in [-0.2, 0) is 10.0 Å². The summed E-state index contributed by atoms with van der Waals surface area (Å²) in [6.07, 6.45) is 1.67. The van der Waals surface area contributed by atoms with Crippen molar-refractivity contribution in [2.24, 2.45) is 0 Å². The number of fused-ring (bicyclic) bond motifs is 2. The molecule has 0 radical (unpaired) electrons. The van der Waals surface area contributed by atoms with Crippen LogP contribution in [-0.4, -0.2) is 25.9 Å². The van der Waals surface area contributed by atoms with E-state index in [1.165, 1.54) is 34.1 Å². The van der Waals surface area contributed by atoms with Gasteiger partial charge in [-0.1, -0.05) is 36.4 Å². The number of ether oxygens (including phenoxy) is 1. The van der Waals surface area contributed by atoms with E-state index in [4.69, 9.17) is 0 Å². The summed E-state index contributed by atoms with van der Waals surface area (Å²) in [4.78, 5) is -0.208. The molecular formula is C18H17F2NO3S. The molecule has 1 aliphatic carbocycles. The third kappa shape index (κ3) is 2.71. The molecule has 2 aromatic carbocycles. The Kier molecular flexibility index (Phi) is 4.00. The third-order valence-corrected chi connectivity index (χ3v) is 6.90. The molecule has 1 fully saturated rings. The number of sulfonamides is 1. The van der Waals surface area contributed by atoms with Gasteiger partial charge in [0, 0.05) is 6.54 Å². The molecular weight excluding hydrogens is 348 g/mol. The molecule has 2 aromatic rings. The Bertz CT molecular complexity index is 901. The molecule has 2 bridgehead atoms. The van der Waals surface area contributed by atoms with Crippen molar-refractivity contribution in [3.05, 3.63) is 59.7 Å². The highest BCUT2D eigenvalue weighted by Crippen LogP contribution is 2.49. The van der Waals surface area contributed by atoms with Crippen LogP contribution in [0.3, 0.4) is 0 Å². The van der Waals surface area contributed by atoms with Gasteiger partial charge in [0.15, 0.2) is 0 Å². The van der Waals surface area contributed by atoms with Gasteiger partial charge in [-0.3, -0.25) is 0 Å². The quantitative estimate of drug-likeness (QED) is 0.825. The normalized spacial score (nSPS) is 22.8. The molecule has 2 atom stereocenters. The van der Waals surface area contributed by atoms with Crippen molar-refractivity contribution in [3.63, 3.8) is 0 Å². The van der Waals surface area contributed by atoms with Crippen molar-refractivity contribution >= 4 is 10.0 Å². The number of hydrogen-bond acceptors (Lipinski definition) is 3. The van der Waals surface area contributed by atoms with E-state index in [0.717, 1.165) is 18.4 Å². The second-order valence-electron chi connectivity index (χ2n) is 6.32. The van der Waals surface area contributed by atoms with Gasteiger partial charge < -0.3 is 4.74 Å². The molecule has 0 unspecified atom stereocenters. The Morgan fingerprint density at radius 1 is 1.00 bits per heavy atom. The van der Waals surface area contributed by atoms with E-state index >= 15 is 0 Å². The molecule has 7 heteroatoms. The first-order valence-electron chi connectivity index (χ1n) is 8.13. The summed E-state index contributed by atoms with van der Waals surface area (Å²) in [5, 5.41) is 0. The van der Waals surface area contributed by atoms with Gasteiger partial charge in [0.05, 0.1) is 6.04 Å². The zero-order valence-electron chi connectivity index (χ0n) is 13.3. The van der Waals surface area contributed by atoms with Gasteiger partial charge in [-0.15, -0.1) is 0 Å². The van der Waals surface area contributed by atoms with Gasteiger partial charge in [0.25, 0.3) is 0 Å². The second-order valence-corrected chi connectivity index (χ2v) is 8.18. The molecule has 1 saturated heterocycles. The third-order valence-electron chi connectivity index (χ3n) is 4.98. The van der Waals surface area contributed by atoms with Gasteiger partial charge in [0.2, 0.25) is 10.0 Å². The highest BCUT2D eigenvalue weighted by atomic mass is 32.2. The van der Waals surface area contributed by atoms with Crippen LogP contribution >= 0.6 is 0 Å². The molecule has 0 spiro atoms. The van der Waals surface area contributed by atoms with Crippen molar-refractivity contribution < 1.29 is 21.9 Å². The minimum Gasteiger partial charge on any atom is -0.433 e. The van der Waals surface area contributed by atoms with Gasteiger partial charge in [-0.25, -0.2) is 8.42 Å². The van der Waals surface area contributed by atoms with Crippen LogP contribution in [0, 0.1) is 0 Å². The Labute approximate surface area is 145 Å². The van der Waals surface area contributed by atoms with E-state index < -0.39 is 16.6 Å². The lowest BCUT2D eigenvalue weighted by Gasteiger charge is -2.45. The Balaban J connectivity index is 1.76. The van der Waals surface area contributed by atoms with E-state index in [0.29, 0.717) is 6.54 Å². The Morgan fingerprint density at radius 3 is 2.44 bits per heavy atom.